The molecule has 0 bridgehead atoms. The zero-order valence-corrected chi connectivity index (χ0v) is 18.9. The van der Waals surface area contributed by atoms with Gasteiger partial charge in [-0.25, -0.2) is 0 Å². The van der Waals surface area contributed by atoms with E-state index in [9.17, 15) is 0 Å². The van der Waals surface area contributed by atoms with E-state index in [-0.39, 0.29) is 0 Å². The van der Waals surface area contributed by atoms with E-state index < -0.39 is 0 Å². The number of piperidine rings is 1. The molecule has 0 unspecified atom stereocenters. The zero-order chi connectivity index (χ0) is 19.4. The van der Waals surface area contributed by atoms with Crippen LogP contribution in [0.25, 0.3) is 0 Å². The van der Waals surface area contributed by atoms with Gasteiger partial charge in [0.25, 0.3) is 0 Å². The Morgan fingerprint density at radius 2 is 1.35 bits per heavy atom. The number of piperazine rings is 1. The molecule has 0 radical (unpaired) electrons. The normalized spacial score (nSPS) is 23.1. The highest BCUT2D eigenvalue weighted by Crippen LogP contribution is 2.25. The molecule has 0 aromatic heterocycles. The van der Waals surface area contributed by atoms with Crippen molar-refractivity contribution in [3.63, 3.8) is 0 Å². The molecule has 0 aromatic carbocycles. The van der Waals surface area contributed by atoms with E-state index in [0.29, 0.717) is 10.8 Å². The number of rotatable bonds is 7. The average molecular weight is 367 g/mol. The second-order valence-corrected chi connectivity index (χ2v) is 11.0. The molecule has 0 saturated carbocycles. The van der Waals surface area contributed by atoms with Gasteiger partial charge in [0.2, 0.25) is 0 Å². The van der Waals surface area contributed by atoms with Gasteiger partial charge in [-0.05, 0) is 63.8 Å². The van der Waals surface area contributed by atoms with Crippen LogP contribution in [0, 0.1) is 10.8 Å². The molecule has 2 rings (SSSR count). The number of likely N-dealkylation sites (N-methyl/N-ethyl adjacent to an activating group) is 1. The number of likely N-dealkylation sites (tertiary alicyclic amines) is 1. The molecule has 4 nitrogen and oxygen atoms in total. The highest BCUT2D eigenvalue weighted by Gasteiger charge is 2.28. The minimum atomic E-state index is 0.414. The van der Waals surface area contributed by atoms with Gasteiger partial charge in [-0.1, -0.05) is 34.6 Å². The Morgan fingerprint density at radius 1 is 0.808 bits per heavy atom. The topological polar surface area (TPSA) is 13.0 Å². The Labute approximate surface area is 163 Å². The van der Waals surface area contributed by atoms with E-state index >= 15 is 0 Å². The van der Waals surface area contributed by atoms with Gasteiger partial charge in [0, 0.05) is 45.3 Å². The van der Waals surface area contributed by atoms with Gasteiger partial charge in [0.1, 0.15) is 0 Å². The van der Waals surface area contributed by atoms with Gasteiger partial charge in [-0.3, -0.25) is 0 Å². The Morgan fingerprint density at radius 3 is 1.88 bits per heavy atom. The largest absolute Gasteiger partial charge is 0.304 e. The summed E-state index contributed by atoms with van der Waals surface area (Å²) in [6.45, 7) is 23.2. The molecule has 26 heavy (non-hydrogen) atoms. The van der Waals surface area contributed by atoms with Gasteiger partial charge in [0.15, 0.2) is 0 Å². The Bertz CT molecular complexity index is 399. The summed E-state index contributed by atoms with van der Waals surface area (Å²) in [5.41, 5.74) is 0.836. The first kappa shape index (κ1) is 22.1. The van der Waals surface area contributed by atoms with Crippen LogP contribution in [-0.2, 0) is 0 Å². The van der Waals surface area contributed by atoms with Gasteiger partial charge in [-0.15, -0.1) is 0 Å². The number of nitrogens with zero attached hydrogens (tertiary/aromatic N) is 4. The highest BCUT2D eigenvalue weighted by molar-refractivity contribution is 4.83. The Kier molecular flexibility index (Phi) is 7.97. The van der Waals surface area contributed by atoms with Crippen LogP contribution >= 0.6 is 0 Å². The van der Waals surface area contributed by atoms with Crippen molar-refractivity contribution in [2.45, 2.75) is 59.9 Å². The maximum Gasteiger partial charge on any atom is 0.0117 e. The molecule has 2 aliphatic heterocycles. The molecular formula is C22H46N4. The predicted molar refractivity (Wildman–Crippen MR) is 114 cm³/mol. The molecule has 2 saturated heterocycles. The van der Waals surface area contributed by atoms with Crippen LogP contribution in [0.3, 0.4) is 0 Å². The first-order valence-corrected chi connectivity index (χ1v) is 10.9. The van der Waals surface area contributed by atoms with Crippen LogP contribution in [0.15, 0.2) is 0 Å². The van der Waals surface area contributed by atoms with Crippen LogP contribution < -0.4 is 0 Å². The predicted octanol–water partition coefficient (Wildman–Crippen LogP) is 3.09. The third-order valence-electron chi connectivity index (χ3n) is 6.27. The summed E-state index contributed by atoms with van der Waals surface area (Å²) < 4.78 is 0. The molecule has 154 valence electrons. The average Bonchev–Trinajstić information content (AvgIpc) is 2.54. The lowest BCUT2D eigenvalue weighted by Crippen LogP contribution is -2.48. The van der Waals surface area contributed by atoms with Crippen molar-refractivity contribution in [2.75, 3.05) is 73.0 Å². The first-order chi connectivity index (χ1) is 12.0. The van der Waals surface area contributed by atoms with Crippen molar-refractivity contribution in [3.8, 4) is 0 Å². The maximum atomic E-state index is 2.67. The molecule has 0 N–H and O–H groups in total. The van der Waals surface area contributed by atoms with Crippen LogP contribution in [0.2, 0.25) is 0 Å². The van der Waals surface area contributed by atoms with Gasteiger partial charge < -0.3 is 19.6 Å². The van der Waals surface area contributed by atoms with E-state index in [4.69, 9.17) is 0 Å². The van der Waals surface area contributed by atoms with Gasteiger partial charge in [-0.2, -0.15) is 0 Å². The minimum absolute atomic E-state index is 0.414. The summed E-state index contributed by atoms with van der Waals surface area (Å²) in [6, 6.07) is 0.783. The lowest BCUT2D eigenvalue weighted by Gasteiger charge is -2.41. The lowest BCUT2D eigenvalue weighted by atomic mass is 9.87. The maximum absolute atomic E-state index is 2.67. The van der Waals surface area contributed by atoms with Gasteiger partial charge in [0.05, 0.1) is 0 Å². The zero-order valence-electron chi connectivity index (χ0n) is 18.9. The van der Waals surface area contributed by atoms with Crippen molar-refractivity contribution in [1.29, 1.82) is 0 Å². The van der Waals surface area contributed by atoms with Crippen molar-refractivity contribution >= 4 is 0 Å². The fraction of sp³-hybridized carbons (Fsp3) is 1.00. The van der Waals surface area contributed by atoms with Crippen LogP contribution in [0.5, 0.6) is 0 Å². The van der Waals surface area contributed by atoms with E-state index in [2.05, 4.69) is 68.3 Å². The Hall–Kier alpha value is -0.160. The molecule has 0 atom stereocenters. The summed E-state index contributed by atoms with van der Waals surface area (Å²) in [4.78, 5) is 10.4. The summed E-state index contributed by atoms with van der Waals surface area (Å²) >= 11 is 0. The standard InChI is InChI=1S/C22H46N4/c1-21(2,3)18-25-11-8-20(9-12-25)24(7)13-10-22(4,5)19-26-16-14-23(6)15-17-26/h20H,8-19H2,1-7H3. The van der Waals surface area contributed by atoms with Crippen molar-refractivity contribution in [3.05, 3.63) is 0 Å². The van der Waals surface area contributed by atoms with Crippen LogP contribution in [0.1, 0.15) is 53.9 Å². The molecule has 0 aromatic rings. The van der Waals surface area contributed by atoms with Gasteiger partial charge >= 0.3 is 0 Å². The van der Waals surface area contributed by atoms with Crippen LogP contribution in [0.4, 0.5) is 0 Å². The third-order valence-corrected chi connectivity index (χ3v) is 6.27. The third kappa shape index (κ3) is 7.84. The number of hydrogen-bond donors (Lipinski definition) is 0. The second-order valence-electron chi connectivity index (χ2n) is 11.0. The van der Waals surface area contributed by atoms with Crippen molar-refractivity contribution < 1.29 is 0 Å². The molecule has 2 heterocycles. The highest BCUT2D eigenvalue weighted by atomic mass is 15.2. The first-order valence-electron chi connectivity index (χ1n) is 10.9. The lowest BCUT2D eigenvalue weighted by molar-refractivity contribution is 0.0794. The smallest absolute Gasteiger partial charge is 0.0117 e. The fourth-order valence-electron chi connectivity index (χ4n) is 4.54. The molecule has 2 fully saturated rings. The summed E-state index contributed by atoms with van der Waals surface area (Å²) in [7, 11) is 4.60. The summed E-state index contributed by atoms with van der Waals surface area (Å²) in [5, 5.41) is 0. The molecule has 4 heteroatoms. The molecule has 2 aliphatic rings. The van der Waals surface area contributed by atoms with E-state index in [1.54, 1.807) is 0 Å². The van der Waals surface area contributed by atoms with Crippen molar-refractivity contribution in [1.82, 2.24) is 19.6 Å². The Balaban J connectivity index is 1.68. The molecule has 0 amide bonds. The quantitative estimate of drug-likeness (QED) is 0.686. The van der Waals surface area contributed by atoms with Crippen molar-refractivity contribution in [2.24, 2.45) is 10.8 Å². The SMILES string of the molecule is CN1CCN(CC(C)(C)CCN(C)C2CCN(CC(C)(C)C)CC2)CC1. The molecule has 0 spiro atoms. The number of hydrogen-bond acceptors (Lipinski definition) is 4. The molecular weight excluding hydrogens is 320 g/mol. The second kappa shape index (κ2) is 9.36. The van der Waals surface area contributed by atoms with E-state index in [1.807, 2.05) is 0 Å². The van der Waals surface area contributed by atoms with E-state index in [1.165, 1.54) is 78.2 Å². The summed E-state index contributed by atoms with van der Waals surface area (Å²) in [6.07, 6.45) is 3.98. The van der Waals surface area contributed by atoms with Crippen LogP contribution in [-0.4, -0.2) is 98.6 Å². The minimum Gasteiger partial charge on any atom is -0.304 e. The fourth-order valence-corrected chi connectivity index (χ4v) is 4.54. The monoisotopic (exact) mass is 366 g/mol. The molecule has 0 aliphatic carbocycles. The van der Waals surface area contributed by atoms with E-state index in [0.717, 1.165) is 6.04 Å². The summed E-state index contributed by atoms with van der Waals surface area (Å²) in [5.74, 6) is 0.